The van der Waals surface area contributed by atoms with E-state index in [-0.39, 0.29) is 12.7 Å². The average molecular weight is 309 g/mol. The highest BCUT2D eigenvalue weighted by atomic mass is 16.6. The van der Waals surface area contributed by atoms with Crippen molar-refractivity contribution in [3.05, 3.63) is 0 Å². The van der Waals surface area contributed by atoms with Crippen LogP contribution in [0.15, 0.2) is 0 Å². The Kier molecular flexibility index (Phi) is 13.0. The van der Waals surface area contributed by atoms with Gasteiger partial charge < -0.3 is 33.3 Å². The Hall–Kier alpha value is -0.320. The van der Waals surface area contributed by atoms with E-state index in [1.54, 1.807) is 0 Å². The predicted octanol–water partition coefficient (Wildman–Crippen LogP) is -0.641. The minimum Gasteiger partial charge on any atom is -0.377 e. The fourth-order valence-corrected chi connectivity index (χ4v) is 1.62. The van der Waals surface area contributed by atoms with Gasteiger partial charge in [0, 0.05) is 0 Å². The van der Waals surface area contributed by atoms with Gasteiger partial charge in [0.15, 0.2) is 0 Å². The summed E-state index contributed by atoms with van der Waals surface area (Å²) in [4.78, 5) is 4.60. The third-order valence-corrected chi connectivity index (χ3v) is 2.66. The molecule has 0 saturated carbocycles. The van der Waals surface area contributed by atoms with Gasteiger partial charge in [0.1, 0.15) is 6.10 Å². The Balaban J connectivity index is 2.18. The summed E-state index contributed by atoms with van der Waals surface area (Å²) in [6, 6.07) is 0. The second-order valence-electron chi connectivity index (χ2n) is 4.35. The largest absolute Gasteiger partial charge is 0.377 e. The smallest absolute Gasteiger partial charge is 0.106 e. The summed E-state index contributed by atoms with van der Waals surface area (Å²) in [5, 5.41) is 0. The number of nitrogens with two attached hydrogens (primary N) is 1. The molecule has 1 atom stereocenters. The molecule has 1 rings (SSSR count). The van der Waals surface area contributed by atoms with Crippen LogP contribution in [-0.2, 0) is 33.3 Å². The highest BCUT2D eigenvalue weighted by molar-refractivity contribution is 4.55. The van der Waals surface area contributed by atoms with Crippen LogP contribution in [-0.4, -0.2) is 85.4 Å². The van der Waals surface area contributed by atoms with Crippen LogP contribution >= 0.6 is 0 Å². The monoisotopic (exact) mass is 309 g/mol. The van der Waals surface area contributed by atoms with Gasteiger partial charge in [0.05, 0.1) is 79.3 Å². The van der Waals surface area contributed by atoms with Crippen molar-refractivity contribution in [3.63, 3.8) is 0 Å². The number of hydrogen-bond donors (Lipinski definition) is 1. The Labute approximate surface area is 125 Å². The molecule has 8 heteroatoms. The number of rotatable bonds is 2. The summed E-state index contributed by atoms with van der Waals surface area (Å²) in [7, 11) is 0. The van der Waals surface area contributed by atoms with E-state index in [1.165, 1.54) is 0 Å². The highest BCUT2D eigenvalue weighted by Crippen LogP contribution is 1.95. The molecule has 1 heterocycles. The lowest BCUT2D eigenvalue weighted by Gasteiger charge is -2.17. The minimum absolute atomic E-state index is 0.211. The van der Waals surface area contributed by atoms with E-state index in [9.17, 15) is 0 Å². The maximum Gasteiger partial charge on any atom is 0.106 e. The van der Waals surface area contributed by atoms with Crippen molar-refractivity contribution in [2.45, 2.75) is 6.10 Å². The molecule has 2 N–H and O–H groups in total. The lowest BCUT2D eigenvalue weighted by atomic mass is 10.4. The van der Waals surface area contributed by atoms with Gasteiger partial charge in [-0.1, -0.05) is 0 Å². The zero-order valence-electron chi connectivity index (χ0n) is 12.5. The lowest BCUT2D eigenvalue weighted by molar-refractivity contribution is -0.0849. The predicted molar refractivity (Wildman–Crippen MR) is 74.0 cm³/mol. The van der Waals surface area contributed by atoms with Crippen LogP contribution in [0.25, 0.3) is 0 Å². The van der Waals surface area contributed by atoms with Crippen molar-refractivity contribution in [1.82, 2.24) is 0 Å². The van der Waals surface area contributed by atoms with E-state index in [2.05, 4.69) is 4.84 Å². The normalized spacial score (nSPS) is 25.9. The summed E-state index contributed by atoms with van der Waals surface area (Å²) in [6.07, 6.45) is -0.211. The van der Waals surface area contributed by atoms with Gasteiger partial charge in [-0.05, 0) is 0 Å². The molecular formula is C13H27NO7. The fraction of sp³-hybridized carbons (Fsp3) is 1.00. The van der Waals surface area contributed by atoms with Gasteiger partial charge >= 0.3 is 0 Å². The number of ether oxygens (including phenoxy) is 6. The van der Waals surface area contributed by atoms with Gasteiger partial charge in [-0.15, -0.1) is 0 Å². The van der Waals surface area contributed by atoms with Crippen molar-refractivity contribution in [1.29, 1.82) is 0 Å². The maximum atomic E-state index is 5.57. The van der Waals surface area contributed by atoms with E-state index in [0.29, 0.717) is 72.7 Å². The molecule has 0 aromatic heterocycles. The average Bonchev–Trinajstić information content (AvgIpc) is 2.49. The first-order valence-corrected chi connectivity index (χ1v) is 7.25. The SMILES string of the molecule is NOCC1COCCOCCOCCOCCOCCO1. The lowest BCUT2D eigenvalue weighted by Crippen LogP contribution is -2.29. The van der Waals surface area contributed by atoms with E-state index in [1.807, 2.05) is 0 Å². The summed E-state index contributed by atoms with van der Waals surface area (Å²) < 4.78 is 32.5. The summed E-state index contributed by atoms with van der Waals surface area (Å²) in [5.41, 5.74) is 0. The molecule has 8 nitrogen and oxygen atoms in total. The molecule has 1 aliphatic rings. The maximum absolute atomic E-state index is 5.57. The van der Waals surface area contributed by atoms with Crippen molar-refractivity contribution < 1.29 is 33.3 Å². The summed E-state index contributed by atoms with van der Waals surface area (Å²) in [5.74, 6) is 5.07. The van der Waals surface area contributed by atoms with Gasteiger partial charge in [-0.25, -0.2) is 5.90 Å². The van der Waals surface area contributed by atoms with Crippen LogP contribution < -0.4 is 5.90 Å². The Morgan fingerprint density at radius 1 is 0.667 bits per heavy atom. The van der Waals surface area contributed by atoms with E-state index < -0.39 is 0 Å². The third-order valence-electron chi connectivity index (χ3n) is 2.66. The van der Waals surface area contributed by atoms with Crippen molar-refractivity contribution in [3.8, 4) is 0 Å². The highest BCUT2D eigenvalue weighted by Gasteiger charge is 2.09. The van der Waals surface area contributed by atoms with Gasteiger partial charge in [-0.2, -0.15) is 0 Å². The summed E-state index contributed by atoms with van der Waals surface area (Å²) >= 11 is 0. The van der Waals surface area contributed by atoms with Crippen LogP contribution in [0.5, 0.6) is 0 Å². The molecule has 0 aliphatic carbocycles. The minimum atomic E-state index is -0.211. The van der Waals surface area contributed by atoms with Crippen LogP contribution in [0.2, 0.25) is 0 Å². The van der Waals surface area contributed by atoms with Crippen molar-refractivity contribution >= 4 is 0 Å². The zero-order chi connectivity index (χ0) is 15.0. The fourth-order valence-electron chi connectivity index (χ4n) is 1.62. The van der Waals surface area contributed by atoms with E-state index in [0.717, 1.165) is 0 Å². The van der Waals surface area contributed by atoms with Crippen LogP contribution in [0.1, 0.15) is 0 Å². The van der Waals surface area contributed by atoms with Crippen molar-refractivity contribution in [2.75, 3.05) is 79.3 Å². The Morgan fingerprint density at radius 3 is 1.57 bits per heavy atom. The molecule has 1 aliphatic heterocycles. The molecule has 21 heavy (non-hydrogen) atoms. The molecule has 1 fully saturated rings. The Morgan fingerprint density at radius 2 is 1.10 bits per heavy atom. The van der Waals surface area contributed by atoms with Crippen LogP contribution in [0.3, 0.4) is 0 Å². The molecule has 126 valence electrons. The van der Waals surface area contributed by atoms with Crippen molar-refractivity contribution in [2.24, 2.45) is 5.90 Å². The third kappa shape index (κ3) is 12.0. The molecule has 0 radical (unpaired) electrons. The van der Waals surface area contributed by atoms with Crippen LogP contribution in [0.4, 0.5) is 0 Å². The number of hydrogen-bond acceptors (Lipinski definition) is 8. The van der Waals surface area contributed by atoms with Crippen LogP contribution in [0, 0.1) is 0 Å². The summed E-state index contributed by atoms with van der Waals surface area (Å²) in [6.45, 7) is 5.90. The standard InChI is InChI=1S/C13H27NO7/c14-21-12-13-11-19-8-7-17-4-3-15-1-2-16-5-6-18-9-10-20-13/h13H,1-12,14H2. The molecule has 1 saturated heterocycles. The Bertz CT molecular complexity index is 203. The topological polar surface area (TPSA) is 90.6 Å². The molecular weight excluding hydrogens is 282 g/mol. The second-order valence-corrected chi connectivity index (χ2v) is 4.35. The first-order chi connectivity index (χ1) is 10.4. The molecule has 0 aromatic carbocycles. The molecule has 1 unspecified atom stereocenters. The zero-order valence-corrected chi connectivity index (χ0v) is 12.5. The van der Waals surface area contributed by atoms with Gasteiger partial charge in [0.2, 0.25) is 0 Å². The molecule has 0 amide bonds. The van der Waals surface area contributed by atoms with Gasteiger partial charge in [-0.3, -0.25) is 0 Å². The van der Waals surface area contributed by atoms with E-state index >= 15 is 0 Å². The van der Waals surface area contributed by atoms with E-state index in [4.69, 9.17) is 34.3 Å². The second kappa shape index (κ2) is 14.6. The first kappa shape index (κ1) is 18.7. The quantitative estimate of drug-likeness (QED) is 0.674. The first-order valence-electron chi connectivity index (χ1n) is 7.25. The molecule has 0 aromatic rings. The molecule has 0 bridgehead atoms. The molecule has 0 spiro atoms. The van der Waals surface area contributed by atoms with Gasteiger partial charge in [0.25, 0.3) is 0 Å².